The predicted molar refractivity (Wildman–Crippen MR) is 65.7 cm³/mol. The molecule has 17 heavy (non-hydrogen) atoms. The van der Waals surface area contributed by atoms with Crippen molar-refractivity contribution in [2.45, 2.75) is 26.9 Å². The number of aliphatic hydroxyl groups excluding tert-OH is 1. The van der Waals surface area contributed by atoms with Crippen LogP contribution in [0.2, 0.25) is 0 Å². The average molecular weight is 244 g/mol. The second kappa shape index (κ2) is 10.1. The van der Waals surface area contributed by atoms with Gasteiger partial charge in [0.15, 0.2) is 11.6 Å². The summed E-state index contributed by atoms with van der Waals surface area (Å²) < 4.78 is 23.2. The highest BCUT2D eigenvalue weighted by Crippen LogP contribution is 2.18. The van der Waals surface area contributed by atoms with Gasteiger partial charge in [-0.25, -0.2) is 4.39 Å². The number of benzene rings is 1. The minimum atomic E-state index is -0.412. The van der Waals surface area contributed by atoms with Crippen LogP contribution in [0.25, 0.3) is 0 Å². The molecular weight excluding hydrogens is 223 g/mol. The van der Waals surface area contributed by atoms with Crippen molar-refractivity contribution in [3.8, 4) is 5.75 Å². The van der Waals surface area contributed by atoms with Gasteiger partial charge in [-0.2, -0.15) is 0 Å². The van der Waals surface area contributed by atoms with Gasteiger partial charge in [-0.05, 0) is 17.7 Å². The van der Waals surface area contributed by atoms with Gasteiger partial charge in [0.2, 0.25) is 0 Å². The Morgan fingerprint density at radius 3 is 2.53 bits per heavy atom. The molecule has 4 heteroatoms. The van der Waals surface area contributed by atoms with Gasteiger partial charge in [0.05, 0.1) is 13.2 Å². The summed E-state index contributed by atoms with van der Waals surface area (Å²) in [6.07, 6.45) is 0.708. The molecule has 0 bridgehead atoms. The fraction of sp³-hybridized carbons (Fsp3) is 0.538. The second-order valence-corrected chi connectivity index (χ2v) is 3.12. The Morgan fingerprint density at radius 1 is 1.24 bits per heavy atom. The highest BCUT2D eigenvalue weighted by Gasteiger charge is 2.04. The molecule has 1 aromatic carbocycles. The van der Waals surface area contributed by atoms with Crippen molar-refractivity contribution in [3.05, 3.63) is 29.6 Å². The molecule has 0 saturated carbocycles. The Kier molecular flexibility index (Phi) is 9.38. The van der Waals surface area contributed by atoms with E-state index in [2.05, 4.69) is 0 Å². The third kappa shape index (κ3) is 6.24. The Bertz CT molecular complexity index is 303. The van der Waals surface area contributed by atoms with Crippen LogP contribution >= 0.6 is 0 Å². The Hall–Kier alpha value is -1.13. The SMILES string of the molecule is CC.COCCCOc1cc(CO)ccc1F. The Labute approximate surface area is 102 Å². The van der Waals surface area contributed by atoms with Crippen LogP contribution in [0.1, 0.15) is 25.8 Å². The fourth-order valence-electron chi connectivity index (χ4n) is 1.14. The molecule has 1 aromatic rings. The summed E-state index contributed by atoms with van der Waals surface area (Å²) in [6, 6.07) is 4.32. The molecule has 1 rings (SSSR count). The summed E-state index contributed by atoms with van der Waals surface area (Å²) in [4.78, 5) is 0. The molecule has 0 spiro atoms. The number of methoxy groups -OCH3 is 1. The number of halogens is 1. The number of hydrogen-bond donors (Lipinski definition) is 1. The monoisotopic (exact) mass is 244 g/mol. The number of ether oxygens (including phenoxy) is 2. The van der Waals surface area contributed by atoms with E-state index in [9.17, 15) is 4.39 Å². The zero-order valence-electron chi connectivity index (χ0n) is 10.7. The zero-order chi connectivity index (χ0) is 13.1. The van der Waals surface area contributed by atoms with Crippen molar-refractivity contribution >= 4 is 0 Å². The molecule has 0 aliphatic heterocycles. The molecule has 1 N–H and O–H groups in total. The summed E-state index contributed by atoms with van der Waals surface area (Å²) in [5.41, 5.74) is 0.637. The van der Waals surface area contributed by atoms with E-state index in [0.29, 0.717) is 25.2 Å². The van der Waals surface area contributed by atoms with E-state index >= 15 is 0 Å². The zero-order valence-corrected chi connectivity index (χ0v) is 10.7. The lowest BCUT2D eigenvalue weighted by Gasteiger charge is -2.07. The number of rotatable bonds is 6. The summed E-state index contributed by atoms with van der Waals surface area (Å²) in [7, 11) is 1.60. The smallest absolute Gasteiger partial charge is 0.165 e. The molecule has 0 atom stereocenters. The Balaban J connectivity index is 0.00000121. The standard InChI is InChI=1S/C11H15FO3.C2H6/c1-14-5-2-6-15-11-7-9(8-13)3-4-10(11)12;1-2/h3-4,7,13H,2,5-6,8H2,1H3;1-2H3. The molecule has 0 aliphatic rings. The van der Waals surface area contributed by atoms with Gasteiger partial charge >= 0.3 is 0 Å². The largest absolute Gasteiger partial charge is 0.490 e. The maximum absolute atomic E-state index is 13.2. The first-order valence-corrected chi connectivity index (χ1v) is 5.79. The van der Waals surface area contributed by atoms with E-state index in [1.165, 1.54) is 18.2 Å². The first kappa shape index (κ1) is 15.9. The third-order valence-electron chi connectivity index (χ3n) is 1.93. The van der Waals surface area contributed by atoms with E-state index in [0.717, 1.165) is 0 Å². The summed E-state index contributed by atoms with van der Waals surface area (Å²) in [6.45, 7) is 4.87. The van der Waals surface area contributed by atoms with Gasteiger partial charge in [-0.3, -0.25) is 0 Å². The molecule has 0 radical (unpaired) electrons. The van der Waals surface area contributed by atoms with Crippen molar-refractivity contribution in [3.63, 3.8) is 0 Å². The van der Waals surface area contributed by atoms with Gasteiger partial charge in [0.1, 0.15) is 0 Å². The topological polar surface area (TPSA) is 38.7 Å². The summed E-state index contributed by atoms with van der Waals surface area (Å²) in [5.74, 6) is -0.234. The molecule has 0 aromatic heterocycles. The number of hydrogen-bond acceptors (Lipinski definition) is 3. The first-order valence-electron chi connectivity index (χ1n) is 5.79. The van der Waals surface area contributed by atoms with Crippen molar-refractivity contribution < 1.29 is 19.0 Å². The van der Waals surface area contributed by atoms with E-state index in [1.807, 2.05) is 13.8 Å². The van der Waals surface area contributed by atoms with E-state index in [1.54, 1.807) is 7.11 Å². The molecule has 0 aliphatic carbocycles. The normalized spacial score (nSPS) is 9.47. The molecule has 98 valence electrons. The van der Waals surface area contributed by atoms with Gasteiger partial charge in [-0.1, -0.05) is 19.9 Å². The quantitative estimate of drug-likeness (QED) is 0.782. The molecule has 0 heterocycles. The van der Waals surface area contributed by atoms with Crippen LogP contribution in [-0.4, -0.2) is 25.4 Å². The van der Waals surface area contributed by atoms with Gasteiger partial charge in [0, 0.05) is 20.1 Å². The van der Waals surface area contributed by atoms with Crippen LogP contribution in [0.5, 0.6) is 5.75 Å². The molecule has 0 unspecified atom stereocenters. The van der Waals surface area contributed by atoms with Gasteiger partial charge in [-0.15, -0.1) is 0 Å². The van der Waals surface area contributed by atoms with Gasteiger partial charge in [0.25, 0.3) is 0 Å². The van der Waals surface area contributed by atoms with Crippen LogP contribution in [-0.2, 0) is 11.3 Å². The van der Waals surface area contributed by atoms with Crippen molar-refractivity contribution in [1.82, 2.24) is 0 Å². The fourth-order valence-corrected chi connectivity index (χ4v) is 1.14. The van der Waals surface area contributed by atoms with Gasteiger partial charge < -0.3 is 14.6 Å². The van der Waals surface area contributed by atoms with E-state index in [4.69, 9.17) is 14.6 Å². The molecule has 0 saturated heterocycles. The summed E-state index contributed by atoms with van der Waals surface area (Å²) in [5, 5.41) is 8.86. The van der Waals surface area contributed by atoms with Crippen LogP contribution in [0, 0.1) is 5.82 Å². The third-order valence-corrected chi connectivity index (χ3v) is 1.93. The minimum Gasteiger partial charge on any atom is -0.490 e. The lowest BCUT2D eigenvalue weighted by molar-refractivity contribution is 0.170. The van der Waals surface area contributed by atoms with E-state index in [-0.39, 0.29) is 12.4 Å². The highest BCUT2D eigenvalue weighted by atomic mass is 19.1. The first-order chi connectivity index (χ1) is 8.27. The maximum Gasteiger partial charge on any atom is 0.165 e. The molecule has 0 amide bonds. The minimum absolute atomic E-state index is 0.116. The van der Waals surface area contributed by atoms with Crippen LogP contribution in [0.3, 0.4) is 0 Å². The Morgan fingerprint density at radius 2 is 1.94 bits per heavy atom. The van der Waals surface area contributed by atoms with Crippen molar-refractivity contribution in [1.29, 1.82) is 0 Å². The average Bonchev–Trinajstić information content (AvgIpc) is 2.39. The molecular formula is C13H21FO3. The van der Waals surface area contributed by atoms with E-state index < -0.39 is 5.82 Å². The van der Waals surface area contributed by atoms with Crippen molar-refractivity contribution in [2.75, 3.05) is 20.3 Å². The lowest BCUT2D eigenvalue weighted by Crippen LogP contribution is -2.03. The highest BCUT2D eigenvalue weighted by molar-refractivity contribution is 5.29. The van der Waals surface area contributed by atoms with Crippen LogP contribution in [0.4, 0.5) is 4.39 Å². The molecule has 3 nitrogen and oxygen atoms in total. The lowest BCUT2D eigenvalue weighted by atomic mass is 10.2. The summed E-state index contributed by atoms with van der Waals surface area (Å²) >= 11 is 0. The second-order valence-electron chi connectivity index (χ2n) is 3.12. The maximum atomic E-state index is 13.2. The molecule has 0 fully saturated rings. The van der Waals surface area contributed by atoms with Crippen LogP contribution < -0.4 is 4.74 Å². The predicted octanol–water partition coefficient (Wildman–Crippen LogP) is 2.76. The van der Waals surface area contributed by atoms with Crippen LogP contribution in [0.15, 0.2) is 18.2 Å². The number of aliphatic hydroxyl groups is 1. The van der Waals surface area contributed by atoms with Crippen molar-refractivity contribution in [2.24, 2.45) is 0 Å².